The van der Waals surface area contributed by atoms with Gasteiger partial charge in [0, 0.05) is 16.5 Å². The van der Waals surface area contributed by atoms with Gasteiger partial charge >= 0.3 is 6.01 Å². The number of aromatic nitrogens is 2. The van der Waals surface area contributed by atoms with Gasteiger partial charge in [0.15, 0.2) is 0 Å². The zero-order chi connectivity index (χ0) is 17.5. The van der Waals surface area contributed by atoms with Crippen LogP contribution in [0.2, 0.25) is 0 Å². The lowest BCUT2D eigenvalue weighted by atomic mass is 10.2. The minimum Gasteiger partial charge on any atom is -0.471 e. The van der Waals surface area contributed by atoms with Crippen molar-refractivity contribution in [3.63, 3.8) is 0 Å². The molecule has 24 heavy (non-hydrogen) atoms. The van der Waals surface area contributed by atoms with Crippen molar-refractivity contribution in [2.75, 3.05) is 0 Å². The molecule has 6 heteroatoms. The molecule has 0 radical (unpaired) electrons. The molecule has 0 aromatic carbocycles. The third-order valence-electron chi connectivity index (χ3n) is 2.95. The summed E-state index contributed by atoms with van der Waals surface area (Å²) in [5.74, 6) is 0.561. The highest BCUT2D eigenvalue weighted by molar-refractivity contribution is 7.39. The fraction of sp³-hybridized carbons (Fsp3) is 0.444. The first-order chi connectivity index (χ1) is 11.1. The van der Waals surface area contributed by atoms with Gasteiger partial charge in [0.25, 0.3) is 0 Å². The average molecular weight is 363 g/mol. The second kappa shape index (κ2) is 6.01. The van der Waals surface area contributed by atoms with Crippen LogP contribution in [0.5, 0.6) is 11.9 Å². The summed E-state index contributed by atoms with van der Waals surface area (Å²) in [5.41, 5.74) is 0.197. The highest BCUT2D eigenvalue weighted by Crippen LogP contribution is 2.40. The van der Waals surface area contributed by atoms with Crippen LogP contribution in [0.4, 0.5) is 0 Å². The lowest BCUT2D eigenvalue weighted by molar-refractivity contribution is 0.103. The van der Waals surface area contributed by atoms with Crippen molar-refractivity contribution in [2.24, 2.45) is 0 Å². The molecule has 3 aromatic rings. The normalized spacial score (nSPS) is 12.6. The molecule has 0 fully saturated rings. The SMILES string of the molecule is CC(C)(C)Oc1ncc(-c2cc3ccsc3s2)c(OC(C)(C)C)n1. The quantitative estimate of drug-likeness (QED) is 0.593. The molecule has 0 spiro atoms. The van der Waals surface area contributed by atoms with Crippen LogP contribution in [0.25, 0.3) is 19.8 Å². The maximum absolute atomic E-state index is 6.09. The molecule has 128 valence electrons. The largest absolute Gasteiger partial charge is 0.471 e. The Hall–Kier alpha value is -1.66. The maximum Gasteiger partial charge on any atom is 0.320 e. The Balaban J connectivity index is 2.05. The van der Waals surface area contributed by atoms with Gasteiger partial charge < -0.3 is 9.47 Å². The van der Waals surface area contributed by atoms with E-state index >= 15 is 0 Å². The van der Waals surface area contributed by atoms with Gasteiger partial charge in [-0.2, -0.15) is 4.98 Å². The number of nitrogens with zero attached hydrogens (tertiary/aromatic N) is 2. The van der Waals surface area contributed by atoms with Gasteiger partial charge in [-0.3, -0.25) is 0 Å². The summed E-state index contributed by atoms with van der Waals surface area (Å²) in [6.07, 6.45) is 1.80. The van der Waals surface area contributed by atoms with Crippen LogP contribution < -0.4 is 9.47 Å². The zero-order valence-electron chi connectivity index (χ0n) is 14.8. The Morgan fingerprint density at radius 1 is 1.00 bits per heavy atom. The van der Waals surface area contributed by atoms with Crippen molar-refractivity contribution < 1.29 is 9.47 Å². The average Bonchev–Trinajstić information content (AvgIpc) is 2.95. The second-order valence-electron chi connectivity index (χ2n) is 7.57. The second-order valence-corrected chi connectivity index (χ2v) is 9.80. The first kappa shape index (κ1) is 17.2. The van der Waals surface area contributed by atoms with Gasteiger partial charge in [0.2, 0.25) is 5.88 Å². The van der Waals surface area contributed by atoms with E-state index in [-0.39, 0.29) is 11.2 Å². The predicted molar refractivity (Wildman–Crippen MR) is 101 cm³/mol. The lowest BCUT2D eigenvalue weighted by Crippen LogP contribution is -2.26. The molecule has 3 aromatic heterocycles. The van der Waals surface area contributed by atoms with Gasteiger partial charge in [-0.05, 0) is 59.1 Å². The molecule has 0 unspecified atom stereocenters. The molecule has 0 aliphatic carbocycles. The number of ether oxygens (including phenoxy) is 2. The molecule has 0 N–H and O–H groups in total. The molecule has 0 atom stereocenters. The summed E-state index contributed by atoms with van der Waals surface area (Å²) in [4.78, 5) is 10.0. The molecule has 0 saturated heterocycles. The minimum atomic E-state index is -0.355. The van der Waals surface area contributed by atoms with Crippen molar-refractivity contribution in [1.82, 2.24) is 9.97 Å². The molecule has 3 heterocycles. The number of hydrogen-bond acceptors (Lipinski definition) is 6. The smallest absolute Gasteiger partial charge is 0.320 e. The Labute approximate surface area is 150 Å². The van der Waals surface area contributed by atoms with E-state index in [4.69, 9.17) is 9.47 Å². The van der Waals surface area contributed by atoms with Crippen LogP contribution in [0.1, 0.15) is 41.5 Å². The Morgan fingerprint density at radius 3 is 2.33 bits per heavy atom. The minimum absolute atomic E-state index is 0.337. The van der Waals surface area contributed by atoms with Gasteiger partial charge in [-0.1, -0.05) is 0 Å². The topological polar surface area (TPSA) is 44.2 Å². The van der Waals surface area contributed by atoms with Crippen LogP contribution in [0.15, 0.2) is 23.7 Å². The molecule has 0 bridgehead atoms. The van der Waals surface area contributed by atoms with Gasteiger partial charge in [0.1, 0.15) is 11.2 Å². The van der Waals surface area contributed by atoms with Gasteiger partial charge in [-0.25, -0.2) is 4.98 Å². The maximum atomic E-state index is 6.09. The van der Waals surface area contributed by atoms with Crippen LogP contribution in [-0.4, -0.2) is 21.2 Å². The molecule has 0 amide bonds. The van der Waals surface area contributed by atoms with E-state index in [1.54, 1.807) is 28.9 Å². The standard InChI is InChI=1S/C18H22N2O2S2/c1-17(2,3)21-14-12(10-19-16(20-14)22-18(4,5)6)13-9-11-7-8-23-15(11)24-13/h7-10H,1-6H3. The fourth-order valence-corrected chi connectivity index (χ4v) is 4.22. The van der Waals surface area contributed by atoms with E-state index in [0.29, 0.717) is 11.9 Å². The lowest BCUT2D eigenvalue weighted by Gasteiger charge is -2.23. The Bertz CT molecular complexity index is 825. The monoisotopic (exact) mass is 362 g/mol. The molecule has 3 rings (SSSR count). The van der Waals surface area contributed by atoms with E-state index in [1.807, 2.05) is 41.5 Å². The molecule has 0 aliphatic rings. The highest BCUT2D eigenvalue weighted by Gasteiger charge is 2.22. The third-order valence-corrected chi connectivity index (χ3v) is 5.18. The molecular weight excluding hydrogens is 340 g/mol. The van der Waals surface area contributed by atoms with Gasteiger partial charge in [-0.15, -0.1) is 22.7 Å². The van der Waals surface area contributed by atoms with Crippen molar-refractivity contribution in [3.05, 3.63) is 23.7 Å². The van der Waals surface area contributed by atoms with Gasteiger partial charge in [0.05, 0.1) is 9.58 Å². The van der Waals surface area contributed by atoms with Crippen LogP contribution in [0.3, 0.4) is 0 Å². The predicted octanol–water partition coefficient (Wildman–Crippen LogP) is 5.77. The van der Waals surface area contributed by atoms with Crippen LogP contribution in [0, 0.1) is 0 Å². The van der Waals surface area contributed by atoms with Crippen molar-refractivity contribution in [2.45, 2.75) is 52.7 Å². The van der Waals surface area contributed by atoms with Crippen molar-refractivity contribution >= 4 is 32.1 Å². The van der Waals surface area contributed by atoms with Crippen molar-refractivity contribution in [3.8, 4) is 22.3 Å². The molecule has 0 saturated carbocycles. The summed E-state index contributed by atoms with van der Waals surface area (Å²) < 4.78 is 13.2. The number of rotatable bonds is 3. The summed E-state index contributed by atoms with van der Waals surface area (Å²) >= 11 is 3.48. The molecule has 0 aliphatic heterocycles. The summed E-state index contributed by atoms with van der Waals surface area (Å²) in [5, 5.41) is 3.35. The number of fused-ring (bicyclic) bond motifs is 1. The summed E-state index contributed by atoms with van der Waals surface area (Å²) in [7, 11) is 0. The number of hydrogen-bond donors (Lipinski definition) is 0. The number of thiophene rings is 2. The zero-order valence-corrected chi connectivity index (χ0v) is 16.5. The first-order valence-corrected chi connectivity index (χ1v) is 9.53. The van der Waals surface area contributed by atoms with E-state index < -0.39 is 0 Å². The van der Waals surface area contributed by atoms with E-state index in [1.165, 1.54) is 9.40 Å². The molecular formula is C18H22N2O2S2. The molecule has 4 nitrogen and oxygen atoms in total. The highest BCUT2D eigenvalue weighted by atomic mass is 32.2. The van der Waals surface area contributed by atoms with Crippen molar-refractivity contribution in [1.29, 1.82) is 0 Å². The van der Waals surface area contributed by atoms with Crippen LogP contribution in [-0.2, 0) is 0 Å². The summed E-state index contributed by atoms with van der Waals surface area (Å²) in [6.45, 7) is 12.0. The van der Waals surface area contributed by atoms with E-state index in [9.17, 15) is 0 Å². The van der Waals surface area contributed by atoms with Crippen LogP contribution >= 0.6 is 22.7 Å². The van der Waals surface area contributed by atoms with E-state index in [0.717, 1.165) is 10.4 Å². The fourth-order valence-electron chi connectivity index (χ4n) is 2.11. The summed E-state index contributed by atoms with van der Waals surface area (Å²) in [6, 6.07) is 4.63. The first-order valence-electron chi connectivity index (χ1n) is 7.83. The Morgan fingerprint density at radius 2 is 1.71 bits per heavy atom. The van der Waals surface area contributed by atoms with E-state index in [2.05, 4.69) is 27.5 Å². The Kier molecular flexibility index (Phi) is 4.30. The third kappa shape index (κ3) is 4.05.